The van der Waals surface area contributed by atoms with Gasteiger partial charge in [0.15, 0.2) is 0 Å². The summed E-state index contributed by atoms with van der Waals surface area (Å²) in [6.07, 6.45) is 3.93. The highest BCUT2D eigenvalue weighted by Gasteiger charge is 2.36. The highest BCUT2D eigenvalue weighted by atomic mass is 16.3. The smallest absolute Gasteiger partial charge is 0.0777 e. The lowest BCUT2D eigenvalue weighted by Gasteiger charge is -2.38. The third-order valence-corrected chi connectivity index (χ3v) is 2.94. The molecule has 0 aromatic heterocycles. The van der Waals surface area contributed by atoms with E-state index in [1.165, 1.54) is 0 Å². The maximum absolute atomic E-state index is 9.88. The van der Waals surface area contributed by atoms with E-state index in [2.05, 4.69) is 19.9 Å². The van der Waals surface area contributed by atoms with Gasteiger partial charge >= 0.3 is 0 Å². The second kappa shape index (κ2) is 3.06. The second-order valence-corrected chi connectivity index (χ2v) is 4.72. The van der Waals surface area contributed by atoms with Crippen molar-refractivity contribution in [2.75, 3.05) is 0 Å². The summed E-state index contributed by atoms with van der Waals surface area (Å²) in [5.41, 5.74) is -0.314. The first-order valence-corrected chi connectivity index (χ1v) is 4.57. The molecule has 0 aliphatic heterocycles. The molecule has 1 rings (SSSR count). The van der Waals surface area contributed by atoms with Crippen LogP contribution < -0.4 is 0 Å². The van der Waals surface area contributed by atoms with Gasteiger partial charge in [0.25, 0.3) is 0 Å². The molecule has 0 amide bonds. The van der Waals surface area contributed by atoms with Crippen LogP contribution in [0.2, 0.25) is 0 Å². The predicted molar refractivity (Wildman–Crippen MR) is 47.4 cm³/mol. The Morgan fingerprint density at radius 2 is 1.75 bits per heavy atom. The fraction of sp³-hybridized carbons (Fsp3) is 0.900. The molecule has 1 fully saturated rings. The van der Waals surface area contributed by atoms with Crippen LogP contribution in [0, 0.1) is 16.7 Å². The zero-order valence-electron chi connectivity index (χ0n) is 7.93. The molecule has 1 N–H and O–H groups in total. The average Bonchev–Trinajstić information content (AvgIpc) is 1.98. The van der Waals surface area contributed by atoms with Gasteiger partial charge in [0.2, 0.25) is 0 Å². The van der Waals surface area contributed by atoms with Gasteiger partial charge in [0.1, 0.15) is 0 Å². The van der Waals surface area contributed by atoms with E-state index < -0.39 is 5.60 Å². The van der Waals surface area contributed by atoms with E-state index in [4.69, 9.17) is 5.26 Å². The number of hydrogen-bond donors (Lipinski definition) is 1. The molecule has 0 saturated heterocycles. The molecule has 0 heterocycles. The Bertz CT molecular complexity index is 192. The van der Waals surface area contributed by atoms with Gasteiger partial charge in [-0.05, 0) is 31.1 Å². The summed E-state index contributed by atoms with van der Waals surface area (Å²) >= 11 is 0. The van der Waals surface area contributed by atoms with Gasteiger partial charge < -0.3 is 5.11 Å². The molecule has 0 unspecified atom stereocenters. The van der Waals surface area contributed by atoms with Crippen molar-refractivity contribution in [3.8, 4) is 6.07 Å². The monoisotopic (exact) mass is 167 g/mol. The third kappa shape index (κ3) is 2.22. The van der Waals surface area contributed by atoms with Crippen LogP contribution in [0.5, 0.6) is 0 Å². The van der Waals surface area contributed by atoms with Gasteiger partial charge in [-0.25, -0.2) is 0 Å². The zero-order valence-corrected chi connectivity index (χ0v) is 7.93. The van der Waals surface area contributed by atoms with E-state index in [9.17, 15) is 5.11 Å². The Morgan fingerprint density at radius 1 is 1.25 bits per heavy atom. The number of aliphatic hydroxyl groups is 1. The second-order valence-electron chi connectivity index (χ2n) is 4.72. The molecule has 1 aliphatic rings. The molecular formula is C10H17NO. The predicted octanol–water partition coefficient (Wildman–Crippen LogP) is 2.23. The molecule has 0 aromatic rings. The summed E-state index contributed by atoms with van der Waals surface area (Å²) < 4.78 is 0. The molecule has 68 valence electrons. The van der Waals surface area contributed by atoms with Crippen molar-refractivity contribution in [1.82, 2.24) is 0 Å². The summed E-state index contributed by atoms with van der Waals surface area (Å²) in [4.78, 5) is 0. The maximum atomic E-state index is 9.88. The SMILES string of the molecule is CC1(C)CCC(O)(CC#N)CC1. The van der Waals surface area contributed by atoms with Crippen molar-refractivity contribution in [3.05, 3.63) is 0 Å². The Hall–Kier alpha value is -0.550. The fourth-order valence-corrected chi connectivity index (χ4v) is 1.72. The summed E-state index contributed by atoms with van der Waals surface area (Å²) in [5, 5.41) is 18.4. The van der Waals surface area contributed by atoms with Gasteiger partial charge in [0, 0.05) is 0 Å². The van der Waals surface area contributed by atoms with E-state index >= 15 is 0 Å². The van der Waals surface area contributed by atoms with Crippen molar-refractivity contribution in [3.63, 3.8) is 0 Å². The zero-order chi connectivity index (χ0) is 9.24. The molecule has 2 nitrogen and oxygen atoms in total. The Balaban J connectivity index is 2.51. The first kappa shape index (κ1) is 9.54. The van der Waals surface area contributed by atoms with Crippen LogP contribution in [0.4, 0.5) is 0 Å². The van der Waals surface area contributed by atoms with Gasteiger partial charge in [-0.2, -0.15) is 5.26 Å². The van der Waals surface area contributed by atoms with E-state index in [1.807, 2.05) is 0 Å². The van der Waals surface area contributed by atoms with Gasteiger partial charge in [-0.3, -0.25) is 0 Å². The number of rotatable bonds is 1. The van der Waals surface area contributed by atoms with Gasteiger partial charge in [-0.15, -0.1) is 0 Å². The van der Waals surface area contributed by atoms with Crippen LogP contribution in [0.3, 0.4) is 0 Å². The van der Waals surface area contributed by atoms with E-state index in [0.29, 0.717) is 11.8 Å². The standard InChI is InChI=1S/C10H17NO/c1-9(2)3-5-10(12,6-4-9)7-8-11/h12H,3-7H2,1-2H3. The van der Waals surface area contributed by atoms with Crippen molar-refractivity contribution in [2.24, 2.45) is 5.41 Å². The topological polar surface area (TPSA) is 44.0 Å². The van der Waals surface area contributed by atoms with Crippen LogP contribution >= 0.6 is 0 Å². The minimum Gasteiger partial charge on any atom is -0.389 e. The first-order valence-electron chi connectivity index (χ1n) is 4.57. The highest BCUT2D eigenvalue weighted by molar-refractivity contribution is 4.94. The Morgan fingerprint density at radius 3 is 2.17 bits per heavy atom. The lowest BCUT2D eigenvalue weighted by molar-refractivity contribution is -0.0216. The summed E-state index contributed by atoms with van der Waals surface area (Å²) in [7, 11) is 0. The minimum atomic E-state index is -0.676. The molecule has 0 spiro atoms. The lowest BCUT2D eigenvalue weighted by atomic mass is 9.70. The quantitative estimate of drug-likeness (QED) is 0.650. The minimum absolute atomic E-state index is 0.295. The lowest BCUT2D eigenvalue weighted by Crippen LogP contribution is -2.36. The highest BCUT2D eigenvalue weighted by Crippen LogP contribution is 2.41. The molecule has 2 heteroatoms. The molecule has 0 atom stereocenters. The normalized spacial score (nSPS) is 26.2. The van der Waals surface area contributed by atoms with Crippen LogP contribution in [-0.4, -0.2) is 10.7 Å². The number of hydrogen-bond acceptors (Lipinski definition) is 2. The fourth-order valence-electron chi connectivity index (χ4n) is 1.72. The maximum Gasteiger partial charge on any atom is 0.0777 e. The third-order valence-electron chi connectivity index (χ3n) is 2.94. The van der Waals surface area contributed by atoms with E-state index in [1.54, 1.807) is 0 Å². The number of nitrogens with zero attached hydrogens (tertiary/aromatic N) is 1. The van der Waals surface area contributed by atoms with Crippen LogP contribution in [0.15, 0.2) is 0 Å². The number of nitriles is 1. The Labute approximate surface area is 74.2 Å². The van der Waals surface area contributed by atoms with Crippen molar-refractivity contribution in [2.45, 2.75) is 51.6 Å². The molecule has 1 aliphatic carbocycles. The molecule has 1 saturated carbocycles. The first-order chi connectivity index (χ1) is 5.47. The summed E-state index contributed by atoms with van der Waals surface area (Å²) in [5.74, 6) is 0. The summed E-state index contributed by atoms with van der Waals surface area (Å²) in [6, 6.07) is 2.06. The molecule has 0 radical (unpaired) electrons. The van der Waals surface area contributed by atoms with Crippen LogP contribution in [0.1, 0.15) is 46.0 Å². The average molecular weight is 167 g/mol. The van der Waals surface area contributed by atoms with Gasteiger partial charge in [-0.1, -0.05) is 13.8 Å². The largest absolute Gasteiger partial charge is 0.389 e. The molecule has 0 bridgehead atoms. The van der Waals surface area contributed by atoms with Gasteiger partial charge in [0.05, 0.1) is 18.1 Å². The molecule has 0 aromatic carbocycles. The summed E-state index contributed by atoms with van der Waals surface area (Å²) in [6.45, 7) is 4.44. The van der Waals surface area contributed by atoms with Crippen molar-refractivity contribution < 1.29 is 5.11 Å². The van der Waals surface area contributed by atoms with E-state index in [-0.39, 0.29) is 0 Å². The van der Waals surface area contributed by atoms with Crippen molar-refractivity contribution >= 4 is 0 Å². The van der Waals surface area contributed by atoms with Crippen LogP contribution in [-0.2, 0) is 0 Å². The molecular weight excluding hydrogens is 150 g/mol. The van der Waals surface area contributed by atoms with Crippen LogP contribution in [0.25, 0.3) is 0 Å². The van der Waals surface area contributed by atoms with Crippen molar-refractivity contribution in [1.29, 1.82) is 5.26 Å². The van der Waals surface area contributed by atoms with E-state index in [0.717, 1.165) is 25.7 Å². The Kier molecular flexibility index (Phi) is 2.44. The molecule has 12 heavy (non-hydrogen) atoms.